The summed E-state index contributed by atoms with van der Waals surface area (Å²) < 4.78 is 0. The molecule has 0 spiro atoms. The summed E-state index contributed by atoms with van der Waals surface area (Å²) in [5.41, 5.74) is 1.47. The van der Waals surface area contributed by atoms with Crippen LogP contribution in [0.25, 0.3) is 0 Å². The number of aryl methyl sites for hydroxylation is 1. The van der Waals surface area contributed by atoms with E-state index in [9.17, 15) is 9.90 Å². The van der Waals surface area contributed by atoms with Crippen LogP contribution in [0.15, 0.2) is 18.2 Å². The van der Waals surface area contributed by atoms with Crippen LogP contribution in [0.2, 0.25) is 0 Å². The van der Waals surface area contributed by atoms with Crippen molar-refractivity contribution in [3.8, 4) is 5.75 Å². The van der Waals surface area contributed by atoms with E-state index in [1.165, 1.54) is 0 Å². The van der Waals surface area contributed by atoms with Crippen LogP contribution >= 0.6 is 0 Å². The van der Waals surface area contributed by atoms with Gasteiger partial charge in [0.05, 0.1) is 5.56 Å². The Balaban J connectivity index is 2.22. The van der Waals surface area contributed by atoms with Gasteiger partial charge in [0, 0.05) is 12.5 Å². The van der Waals surface area contributed by atoms with Crippen LogP contribution in [0.3, 0.4) is 0 Å². The average molecular weight is 219 g/mol. The summed E-state index contributed by atoms with van der Waals surface area (Å²) in [6.07, 6.45) is 1.95. The molecule has 1 aliphatic heterocycles. The van der Waals surface area contributed by atoms with Crippen molar-refractivity contribution in [3.63, 3.8) is 0 Å². The lowest BCUT2D eigenvalue weighted by Gasteiger charge is -2.21. The molecule has 0 radical (unpaired) electrons. The second-order valence-corrected chi connectivity index (χ2v) is 4.43. The molecule has 0 aliphatic carbocycles. The molecule has 3 nitrogen and oxygen atoms in total. The standard InChI is InChI=1S/C13H17NO2/c1-9-4-5-12(15)11(7-9)13(16)10-3-2-6-14-8-10/h4-5,7,10,14-15H,2-3,6,8H2,1H3. The van der Waals surface area contributed by atoms with Gasteiger partial charge < -0.3 is 10.4 Å². The summed E-state index contributed by atoms with van der Waals surface area (Å²) in [7, 11) is 0. The van der Waals surface area contributed by atoms with E-state index < -0.39 is 0 Å². The molecule has 2 rings (SSSR count). The molecule has 1 fully saturated rings. The summed E-state index contributed by atoms with van der Waals surface area (Å²) >= 11 is 0. The number of piperidine rings is 1. The first kappa shape index (κ1) is 11.1. The zero-order valence-electron chi connectivity index (χ0n) is 9.49. The van der Waals surface area contributed by atoms with Crippen molar-refractivity contribution < 1.29 is 9.90 Å². The molecule has 0 bridgehead atoms. The van der Waals surface area contributed by atoms with Gasteiger partial charge in [0.15, 0.2) is 5.78 Å². The first-order chi connectivity index (χ1) is 7.68. The van der Waals surface area contributed by atoms with Crippen LogP contribution < -0.4 is 5.32 Å². The number of hydrogen-bond donors (Lipinski definition) is 2. The van der Waals surface area contributed by atoms with E-state index in [0.29, 0.717) is 5.56 Å². The van der Waals surface area contributed by atoms with Crippen LogP contribution in [0.4, 0.5) is 0 Å². The van der Waals surface area contributed by atoms with Crippen LogP contribution in [0, 0.1) is 12.8 Å². The molecule has 1 aliphatic rings. The molecule has 3 heteroatoms. The van der Waals surface area contributed by atoms with Crippen molar-refractivity contribution in [2.75, 3.05) is 13.1 Å². The number of phenolic OH excluding ortho intramolecular Hbond substituents is 1. The van der Waals surface area contributed by atoms with E-state index in [1.54, 1.807) is 12.1 Å². The normalized spacial score (nSPS) is 20.7. The Kier molecular flexibility index (Phi) is 3.25. The molecule has 0 amide bonds. The number of phenols is 1. The number of carbonyl (C=O) groups excluding carboxylic acids is 1. The van der Waals surface area contributed by atoms with Gasteiger partial charge in [0.1, 0.15) is 5.75 Å². The third kappa shape index (κ3) is 2.25. The Morgan fingerprint density at radius 3 is 3.00 bits per heavy atom. The SMILES string of the molecule is Cc1ccc(O)c(C(=O)C2CCCNC2)c1. The minimum atomic E-state index is 0.0152. The number of Topliss-reactive ketones (excluding diaryl/α,β-unsaturated/α-hetero) is 1. The number of nitrogens with one attached hydrogen (secondary N) is 1. The van der Waals surface area contributed by atoms with E-state index in [4.69, 9.17) is 0 Å². The van der Waals surface area contributed by atoms with Gasteiger partial charge in [-0.25, -0.2) is 0 Å². The highest BCUT2D eigenvalue weighted by Gasteiger charge is 2.24. The van der Waals surface area contributed by atoms with Gasteiger partial charge in [0.2, 0.25) is 0 Å². The molecule has 0 aromatic heterocycles. The minimum Gasteiger partial charge on any atom is -0.507 e. The number of hydrogen-bond acceptors (Lipinski definition) is 3. The van der Waals surface area contributed by atoms with Crippen molar-refractivity contribution in [1.82, 2.24) is 5.32 Å². The third-order valence-electron chi connectivity index (χ3n) is 3.09. The number of aromatic hydroxyl groups is 1. The lowest BCUT2D eigenvalue weighted by atomic mass is 9.90. The van der Waals surface area contributed by atoms with E-state index in [1.807, 2.05) is 13.0 Å². The maximum absolute atomic E-state index is 12.2. The van der Waals surface area contributed by atoms with Gasteiger partial charge in [-0.05, 0) is 38.4 Å². The quantitative estimate of drug-likeness (QED) is 0.747. The summed E-state index contributed by atoms with van der Waals surface area (Å²) in [6, 6.07) is 5.18. The Labute approximate surface area is 95.5 Å². The monoisotopic (exact) mass is 219 g/mol. The first-order valence-electron chi connectivity index (χ1n) is 5.73. The van der Waals surface area contributed by atoms with Gasteiger partial charge in [0.25, 0.3) is 0 Å². The smallest absolute Gasteiger partial charge is 0.170 e. The number of rotatable bonds is 2. The zero-order chi connectivity index (χ0) is 11.5. The Morgan fingerprint density at radius 1 is 1.50 bits per heavy atom. The van der Waals surface area contributed by atoms with E-state index in [0.717, 1.165) is 31.5 Å². The second kappa shape index (κ2) is 4.66. The van der Waals surface area contributed by atoms with Crippen molar-refractivity contribution in [2.45, 2.75) is 19.8 Å². The average Bonchev–Trinajstić information content (AvgIpc) is 2.32. The summed E-state index contributed by atoms with van der Waals surface area (Å²) in [4.78, 5) is 12.2. The van der Waals surface area contributed by atoms with Crippen LogP contribution in [-0.2, 0) is 0 Å². The topological polar surface area (TPSA) is 49.3 Å². The molecule has 86 valence electrons. The first-order valence-corrected chi connectivity index (χ1v) is 5.73. The highest BCUT2D eigenvalue weighted by Crippen LogP contribution is 2.24. The second-order valence-electron chi connectivity index (χ2n) is 4.43. The highest BCUT2D eigenvalue weighted by molar-refractivity contribution is 6.00. The van der Waals surface area contributed by atoms with Crippen LogP contribution in [-0.4, -0.2) is 24.0 Å². The molecule has 1 saturated heterocycles. The predicted molar refractivity (Wildman–Crippen MR) is 62.8 cm³/mol. The summed E-state index contributed by atoms with van der Waals surface area (Å²) in [5.74, 6) is 0.177. The van der Waals surface area contributed by atoms with Crippen LogP contribution in [0.5, 0.6) is 5.75 Å². The molecule has 1 aromatic carbocycles. The Hall–Kier alpha value is -1.35. The largest absolute Gasteiger partial charge is 0.507 e. The van der Waals surface area contributed by atoms with Gasteiger partial charge in [-0.2, -0.15) is 0 Å². The fourth-order valence-electron chi connectivity index (χ4n) is 2.14. The fraction of sp³-hybridized carbons (Fsp3) is 0.462. The highest BCUT2D eigenvalue weighted by atomic mass is 16.3. The summed E-state index contributed by atoms with van der Waals surface area (Å²) in [6.45, 7) is 3.64. The molecule has 1 heterocycles. The Bertz CT molecular complexity index is 395. The molecule has 16 heavy (non-hydrogen) atoms. The molecular weight excluding hydrogens is 202 g/mol. The maximum Gasteiger partial charge on any atom is 0.170 e. The van der Waals surface area contributed by atoms with Gasteiger partial charge in [-0.15, -0.1) is 0 Å². The van der Waals surface area contributed by atoms with Crippen molar-refractivity contribution in [1.29, 1.82) is 0 Å². The molecule has 1 aromatic rings. The lowest BCUT2D eigenvalue weighted by Crippen LogP contribution is -2.34. The van der Waals surface area contributed by atoms with Gasteiger partial charge in [-0.3, -0.25) is 4.79 Å². The molecule has 1 atom stereocenters. The number of carbonyl (C=O) groups is 1. The fourth-order valence-corrected chi connectivity index (χ4v) is 2.14. The van der Waals surface area contributed by atoms with Crippen LogP contribution in [0.1, 0.15) is 28.8 Å². The van der Waals surface area contributed by atoms with E-state index >= 15 is 0 Å². The lowest BCUT2D eigenvalue weighted by molar-refractivity contribution is 0.0897. The van der Waals surface area contributed by atoms with E-state index in [-0.39, 0.29) is 17.5 Å². The van der Waals surface area contributed by atoms with Crippen molar-refractivity contribution >= 4 is 5.78 Å². The van der Waals surface area contributed by atoms with Crippen molar-refractivity contribution in [2.24, 2.45) is 5.92 Å². The molecule has 0 saturated carbocycles. The van der Waals surface area contributed by atoms with Gasteiger partial charge >= 0.3 is 0 Å². The molecular formula is C13H17NO2. The predicted octanol–water partition coefficient (Wildman–Crippen LogP) is 1.88. The Morgan fingerprint density at radius 2 is 2.31 bits per heavy atom. The van der Waals surface area contributed by atoms with Gasteiger partial charge in [-0.1, -0.05) is 11.6 Å². The summed E-state index contributed by atoms with van der Waals surface area (Å²) in [5, 5.41) is 12.9. The maximum atomic E-state index is 12.2. The molecule has 1 unspecified atom stereocenters. The number of benzene rings is 1. The third-order valence-corrected chi connectivity index (χ3v) is 3.09. The van der Waals surface area contributed by atoms with E-state index in [2.05, 4.69) is 5.32 Å². The molecule has 2 N–H and O–H groups in total. The zero-order valence-corrected chi connectivity index (χ0v) is 9.49. The minimum absolute atomic E-state index is 0.0152. The number of ketones is 1. The van der Waals surface area contributed by atoms with Crippen molar-refractivity contribution in [3.05, 3.63) is 29.3 Å².